The number of ether oxygens (including phenoxy) is 1. The van der Waals surface area contributed by atoms with Gasteiger partial charge in [-0.15, -0.1) is 0 Å². The molecule has 1 aliphatic heterocycles. The smallest absolute Gasteiger partial charge is 0.296 e. The van der Waals surface area contributed by atoms with E-state index in [2.05, 4.69) is 11.6 Å². The van der Waals surface area contributed by atoms with Crippen LogP contribution in [-0.4, -0.2) is 17.5 Å². The van der Waals surface area contributed by atoms with Crippen LogP contribution < -0.4 is 15.1 Å². The average Bonchev–Trinajstić information content (AvgIpc) is 3.12. The Labute approximate surface area is 197 Å². The van der Waals surface area contributed by atoms with Gasteiger partial charge in [0, 0.05) is 5.69 Å². The lowest BCUT2D eigenvalue weighted by atomic mass is 9.97. The summed E-state index contributed by atoms with van der Waals surface area (Å²) < 4.78 is 11.7. The molecule has 34 heavy (non-hydrogen) atoms. The zero-order valence-electron chi connectivity index (χ0n) is 19.3. The predicted octanol–water partition coefficient (Wildman–Crippen LogP) is 5.43. The van der Waals surface area contributed by atoms with Crippen molar-refractivity contribution in [3.05, 3.63) is 111 Å². The standard InChI is InChI=1S/C28H24N2O4/c1-5-13-33-20-11-9-19(10-12-20)25-24-26(31)21-14-16(2)17(3)15-22(21)34-27(24)28(32)30(25)23-8-6-7-18(4)29-23/h5-12,14-15,25H,1,13H2,2-4H3. The fourth-order valence-electron chi connectivity index (χ4n) is 4.34. The Morgan fingerprint density at radius 1 is 1.06 bits per heavy atom. The summed E-state index contributed by atoms with van der Waals surface area (Å²) in [5, 5.41) is 0.463. The van der Waals surface area contributed by atoms with Gasteiger partial charge in [0.05, 0.1) is 17.0 Å². The molecule has 1 atom stereocenters. The van der Waals surface area contributed by atoms with Crippen LogP contribution in [0.2, 0.25) is 0 Å². The highest BCUT2D eigenvalue weighted by molar-refractivity contribution is 6.10. The van der Waals surface area contributed by atoms with Gasteiger partial charge in [-0.1, -0.05) is 30.9 Å². The summed E-state index contributed by atoms with van der Waals surface area (Å²) in [4.78, 5) is 33.6. The third-order valence-electron chi connectivity index (χ3n) is 6.17. The quantitative estimate of drug-likeness (QED) is 0.378. The Bertz CT molecular complexity index is 1500. The molecule has 6 nitrogen and oxygen atoms in total. The Hall–Kier alpha value is -4.19. The van der Waals surface area contributed by atoms with Gasteiger partial charge in [0.15, 0.2) is 5.43 Å². The molecule has 1 aliphatic rings. The Morgan fingerprint density at radius 2 is 1.79 bits per heavy atom. The van der Waals surface area contributed by atoms with E-state index >= 15 is 0 Å². The number of aromatic nitrogens is 1. The number of fused-ring (bicyclic) bond motifs is 2. The van der Waals surface area contributed by atoms with Crippen molar-refractivity contribution >= 4 is 22.7 Å². The molecule has 1 unspecified atom stereocenters. The number of pyridine rings is 1. The molecular formula is C28H24N2O4. The van der Waals surface area contributed by atoms with E-state index < -0.39 is 6.04 Å². The van der Waals surface area contributed by atoms with Crippen LogP contribution in [0.15, 0.2) is 76.5 Å². The fourth-order valence-corrected chi connectivity index (χ4v) is 4.34. The SMILES string of the molecule is C=CCOc1ccc(C2c3c(oc4cc(C)c(C)cc4c3=O)C(=O)N2c2cccc(C)n2)cc1. The van der Waals surface area contributed by atoms with Crippen LogP contribution in [0, 0.1) is 20.8 Å². The largest absolute Gasteiger partial charge is 0.490 e. The van der Waals surface area contributed by atoms with E-state index in [1.54, 1.807) is 17.0 Å². The normalized spacial score (nSPS) is 15.0. The van der Waals surface area contributed by atoms with Crippen LogP contribution in [0.4, 0.5) is 5.82 Å². The van der Waals surface area contributed by atoms with E-state index in [1.807, 2.05) is 69.3 Å². The zero-order valence-corrected chi connectivity index (χ0v) is 19.3. The van der Waals surface area contributed by atoms with Gasteiger partial charge in [-0.3, -0.25) is 14.5 Å². The highest BCUT2D eigenvalue weighted by Crippen LogP contribution is 2.41. The molecule has 3 heterocycles. The molecule has 1 amide bonds. The van der Waals surface area contributed by atoms with Gasteiger partial charge in [0.2, 0.25) is 5.76 Å². The Kier molecular flexibility index (Phi) is 5.28. The van der Waals surface area contributed by atoms with E-state index in [0.717, 1.165) is 22.4 Å². The zero-order chi connectivity index (χ0) is 24.0. The van der Waals surface area contributed by atoms with Gasteiger partial charge in [-0.25, -0.2) is 4.98 Å². The molecule has 0 fully saturated rings. The first-order valence-electron chi connectivity index (χ1n) is 11.1. The highest BCUT2D eigenvalue weighted by Gasteiger charge is 2.44. The van der Waals surface area contributed by atoms with Crippen LogP contribution in [0.3, 0.4) is 0 Å². The summed E-state index contributed by atoms with van der Waals surface area (Å²) in [6, 6.07) is 15.8. The number of rotatable bonds is 5. The lowest BCUT2D eigenvalue weighted by Gasteiger charge is -2.24. The minimum absolute atomic E-state index is 0.0565. The monoisotopic (exact) mass is 452 g/mol. The maximum atomic E-state index is 13.8. The van der Waals surface area contributed by atoms with E-state index in [9.17, 15) is 9.59 Å². The van der Waals surface area contributed by atoms with Gasteiger partial charge >= 0.3 is 0 Å². The van der Waals surface area contributed by atoms with E-state index in [0.29, 0.717) is 34.7 Å². The minimum Gasteiger partial charge on any atom is -0.490 e. The molecule has 0 N–H and O–H groups in total. The van der Waals surface area contributed by atoms with Crippen molar-refractivity contribution in [3.63, 3.8) is 0 Å². The molecule has 0 saturated carbocycles. The molecule has 6 heteroatoms. The van der Waals surface area contributed by atoms with Gasteiger partial charge in [-0.2, -0.15) is 0 Å². The number of carbonyl (C=O) groups is 1. The number of anilines is 1. The number of benzene rings is 2. The number of aryl methyl sites for hydroxylation is 3. The van der Waals surface area contributed by atoms with Crippen molar-refractivity contribution in [1.82, 2.24) is 4.98 Å². The first-order valence-corrected chi connectivity index (χ1v) is 11.1. The number of hydrogen-bond acceptors (Lipinski definition) is 5. The second-order valence-corrected chi connectivity index (χ2v) is 8.49. The highest BCUT2D eigenvalue weighted by atomic mass is 16.5. The molecular weight excluding hydrogens is 428 g/mol. The first-order chi connectivity index (χ1) is 16.4. The lowest BCUT2D eigenvalue weighted by Crippen LogP contribution is -2.30. The van der Waals surface area contributed by atoms with Crippen LogP contribution in [0.1, 0.15) is 44.5 Å². The summed E-state index contributed by atoms with van der Waals surface area (Å²) in [7, 11) is 0. The van der Waals surface area contributed by atoms with Gasteiger partial charge in [-0.05, 0) is 73.9 Å². The van der Waals surface area contributed by atoms with Crippen molar-refractivity contribution < 1.29 is 13.9 Å². The van der Waals surface area contributed by atoms with E-state index in [4.69, 9.17) is 9.15 Å². The average molecular weight is 453 g/mol. The van der Waals surface area contributed by atoms with Crippen LogP contribution in [0.25, 0.3) is 11.0 Å². The molecule has 0 radical (unpaired) electrons. The summed E-state index contributed by atoms with van der Waals surface area (Å²) in [5.74, 6) is 0.803. The van der Waals surface area contributed by atoms with Crippen LogP contribution in [0.5, 0.6) is 5.75 Å². The lowest BCUT2D eigenvalue weighted by molar-refractivity contribution is 0.0970. The molecule has 0 spiro atoms. The van der Waals surface area contributed by atoms with Crippen molar-refractivity contribution in [3.8, 4) is 5.75 Å². The molecule has 0 saturated heterocycles. The molecule has 0 aliphatic carbocycles. The first kappa shape index (κ1) is 21.6. The molecule has 2 aromatic carbocycles. The molecule has 4 aromatic rings. The van der Waals surface area contributed by atoms with Crippen molar-refractivity contribution in [1.29, 1.82) is 0 Å². The molecule has 170 valence electrons. The minimum atomic E-state index is -0.674. The van der Waals surface area contributed by atoms with Gasteiger partial charge in [0.25, 0.3) is 5.91 Å². The number of amides is 1. The van der Waals surface area contributed by atoms with E-state index in [-0.39, 0.29) is 17.1 Å². The van der Waals surface area contributed by atoms with Crippen molar-refractivity contribution in [2.45, 2.75) is 26.8 Å². The third-order valence-corrected chi connectivity index (χ3v) is 6.17. The topological polar surface area (TPSA) is 72.6 Å². The molecule has 0 bridgehead atoms. The fraction of sp³-hybridized carbons (Fsp3) is 0.179. The van der Waals surface area contributed by atoms with Gasteiger partial charge in [0.1, 0.15) is 23.8 Å². The maximum absolute atomic E-state index is 13.8. The Balaban J connectivity index is 1.74. The number of nitrogens with zero attached hydrogens (tertiary/aromatic N) is 2. The van der Waals surface area contributed by atoms with E-state index in [1.165, 1.54) is 0 Å². The Morgan fingerprint density at radius 3 is 2.50 bits per heavy atom. The molecule has 2 aromatic heterocycles. The predicted molar refractivity (Wildman–Crippen MR) is 132 cm³/mol. The summed E-state index contributed by atoms with van der Waals surface area (Å²) >= 11 is 0. The van der Waals surface area contributed by atoms with Crippen LogP contribution in [-0.2, 0) is 0 Å². The second kappa shape index (κ2) is 8.30. The number of carbonyl (C=O) groups excluding carboxylic acids is 1. The maximum Gasteiger partial charge on any atom is 0.296 e. The van der Waals surface area contributed by atoms with Crippen molar-refractivity contribution in [2.75, 3.05) is 11.5 Å². The second-order valence-electron chi connectivity index (χ2n) is 8.49. The van der Waals surface area contributed by atoms with Crippen molar-refractivity contribution in [2.24, 2.45) is 0 Å². The summed E-state index contributed by atoms with van der Waals surface area (Å²) in [6.07, 6.45) is 1.67. The summed E-state index contributed by atoms with van der Waals surface area (Å²) in [6.45, 7) is 9.82. The third kappa shape index (κ3) is 3.48. The number of hydrogen-bond donors (Lipinski definition) is 0. The molecule has 5 rings (SSSR count). The van der Waals surface area contributed by atoms with Gasteiger partial charge < -0.3 is 9.15 Å². The summed E-state index contributed by atoms with van der Waals surface area (Å²) in [5.41, 5.74) is 4.03. The van der Waals surface area contributed by atoms with Crippen LogP contribution >= 0.6 is 0 Å².